The number of rotatable bonds is 3. The molecule has 0 saturated carbocycles. The van der Waals surface area contributed by atoms with Gasteiger partial charge in [-0.05, 0) is 18.1 Å². The molecule has 0 bridgehead atoms. The second-order valence-electron chi connectivity index (χ2n) is 4.08. The molecule has 4 heteroatoms. The summed E-state index contributed by atoms with van der Waals surface area (Å²) in [5.41, 5.74) is 6.85. The molecule has 1 aromatic heterocycles. The molecule has 0 radical (unpaired) electrons. The van der Waals surface area contributed by atoms with E-state index in [0.717, 1.165) is 5.56 Å². The van der Waals surface area contributed by atoms with Crippen molar-refractivity contribution in [2.24, 2.45) is 11.7 Å². The summed E-state index contributed by atoms with van der Waals surface area (Å²) in [7, 11) is 0. The zero-order valence-corrected chi connectivity index (χ0v) is 9.42. The molecule has 0 aliphatic rings. The van der Waals surface area contributed by atoms with Crippen LogP contribution >= 0.6 is 0 Å². The minimum absolute atomic E-state index is 0.204. The lowest BCUT2D eigenvalue weighted by molar-refractivity contribution is 0.394. The average molecular weight is 217 g/mol. The lowest BCUT2D eigenvalue weighted by atomic mass is 10.1. The van der Waals surface area contributed by atoms with Crippen molar-refractivity contribution < 1.29 is 4.42 Å². The summed E-state index contributed by atoms with van der Waals surface area (Å²) in [6, 6.07) is 9.46. The Balaban J connectivity index is 2.27. The van der Waals surface area contributed by atoms with Gasteiger partial charge in [-0.25, -0.2) is 0 Å². The van der Waals surface area contributed by atoms with Crippen LogP contribution in [0.5, 0.6) is 0 Å². The molecule has 84 valence electrons. The molecule has 2 aromatic rings. The van der Waals surface area contributed by atoms with E-state index in [0.29, 0.717) is 11.8 Å². The molecular formula is C12H15N3O. The monoisotopic (exact) mass is 217 g/mol. The van der Waals surface area contributed by atoms with Crippen LogP contribution in [0.25, 0.3) is 11.5 Å². The highest BCUT2D eigenvalue weighted by molar-refractivity contribution is 5.51. The van der Waals surface area contributed by atoms with Crippen LogP contribution in [0.2, 0.25) is 0 Å². The van der Waals surface area contributed by atoms with Gasteiger partial charge in [-0.15, -0.1) is 10.2 Å². The summed E-state index contributed by atoms with van der Waals surface area (Å²) in [4.78, 5) is 0. The third kappa shape index (κ3) is 2.12. The van der Waals surface area contributed by atoms with Crippen molar-refractivity contribution in [2.75, 3.05) is 0 Å². The standard InChI is InChI=1S/C12H15N3O/c1-8(2)10(13)12-15-14-11(16-12)9-6-4-3-5-7-9/h3-8,10H,13H2,1-2H3/t10-/m1/s1. The molecule has 0 aliphatic carbocycles. The first-order valence-corrected chi connectivity index (χ1v) is 5.33. The number of hydrogen-bond acceptors (Lipinski definition) is 4. The van der Waals surface area contributed by atoms with Gasteiger partial charge < -0.3 is 10.2 Å². The molecule has 0 aliphatic heterocycles. The van der Waals surface area contributed by atoms with Crippen LogP contribution < -0.4 is 5.73 Å². The van der Waals surface area contributed by atoms with Crippen molar-refractivity contribution >= 4 is 0 Å². The van der Waals surface area contributed by atoms with E-state index in [-0.39, 0.29) is 12.0 Å². The van der Waals surface area contributed by atoms with Gasteiger partial charge in [0.2, 0.25) is 11.8 Å². The predicted molar refractivity (Wildman–Crippen MR) is 61.5 cm³/mol. The van der Waals surface area contributed by atoms with Gasteiger partial charge in [0.25, 0.3) is 0 Å². The summed E-state index contributed by atoms with van der Waals surface area (Å²) in [5, 5.41) is 7.97. The van der Waals surface area contributed by atoms with Crippen LogP contribution in [0, 0.1) is 5.92 Å². The second-order valence-corrected chi connectivity index (χ2v) is 4.08. The highest BCUT2D eigenvalue weighted by Gasteiger charge is 2.18. The van der Waals surface area contributed by atoms with Crippen molar-refractivity contribution in [3.8, 4) is 11.5 Å². The third-order valence-corrected chi connectivity index (χ3v) is 2.46. The van der Waals surface area contributed by atoms with Crippen molar-refractivity contribution in [2.45, 2.75) is 19.9 Å². The van der Waals surface area contributed by atoms with E-state index in [2.05, 4.69) is 10.2 Å². The minimum Gasteiger partial charge on any atom is -0.419 e. The maximum atomic E-state index is 5.93. The molecule has 0 spiro atoms. The zero-order valence-electron chi connectivity index (χ0n) is 9.42. The summed E-state index contributed by atoms with van der Waals surface area (Å²) in [6.07, 6.45) is 0. The Morgan fingerprint density at radius 1 is 1.12 bits per heavy atom. The number of benzene rings is 1. The van der Waals surface area contributed by atoms with Crippen LogP contribution in [0.1, 0.15) is 25.8 Å². The molecule has 1 aromatic carbocycles. The molecule has 2 rings (SSSR count). The first-order valence-electron chi connectivity index (χ1n) is 5.33. The first kappa shape index (κ1) is 10.8. The summed E-state index contributed by atoms with van der Waals surface area (Å²) < 4.78 is 5.55. The Hall–Kier alpha value is -1.68. The Morgan fingerprint density at radius 2 is 1.81 bits per heavy atom. The lowest BCUT2D eigenvalue weighted by Gasteiger charge is -2.09. The molecule has 0 fully saturated rings. The molecule has 0 saturated heterocycles. The van der Waals surface area contributed by atoms with Gasteiger partial charge in [-0.2, -0.15) is 0 Å². The van der Waals surface area contributed by atoms with E-state index in [1.54, 1.807) is 0 Å². The molecule has 2 N–H and O–H groups in total. The number of aromatic nitrogens is 2. The highest BCUT2D eigenvalue weighted by Crippen LogP contribution is 2.22. The second kappa shape index (κ2) is 4.45. The van der Waals surface area contributed by atoms with Gasteiger partial charge in [0, 0.05) is 5.56 Å². The maximum absolute atomic E-state index is 5.93. The zero-order chi connectivity index (χ0) is 11.5. The summed E-state index contributed by atoms with van der Waals surface area (Å²) in [6.45, 7) is 4.05. The first-order chi connectivity index (χ1) is 7.68. The SMILES string of the molecule is CC(C)[C@@H](N)c1nnc(-c2ccccc2)o1. The van der Waals surface area contributed by atoms with Gasteiger partial charge in [-0.1, -0.05) is 32.0 Å². The number of nitrogens with two attached hydrogens (primary N) is 1. The van der Waals surface area contributed by atoms with Gasteiger partial charge in [0.15, 0.2) is 0 Å². The molecule has 1 atom stereocenters. The number of hydrogen-bond donors (Lipinski definition) is 1. The lowest BCUT2D eigenvalue weighted by Crippen LogP contribution is -2.16. The van der Waals surface area contributed by atoms with Crippen LogP contribution in [0.4, 0.5) is 0 Å². The van der Waals surface area contributed by atoms with E-state index in [4.69, 9.17) is 10.2 Å². The maximum Gasteiger partial charge on any atom is 0.247 e. The van der Waals surface area contributed by atoms with Crippen molar-refractivity contribution in [1.82, 2.24) is 10.2 Å². The van der Waals surface area contributed by atoms with Crippen LogP contribution in [-0.4, -0.2) is 10.2 Å². The van der Waals surface area contributed by atoms with Crippen LogP contribution in [-0.2, 0) is 0 Å². The fraction of sp³-hybridized carbons (Fsp3) is 0.333. The van der Waals surface area contributed by atoms with Gasteiger partial charge in [-0.3, -0.25) is 0 Å². The van der Waals surface area contributed by atoms with Crippen molar-refractivity contribution in [3.63, 3.8) is 0 Å². The van der Waals surface area contributed by atoms with E-state index >= 15 is 0 Å². The topological polar surface area (TPSA) is 64.9 Å². The average Bonchev–Trinajstić information content (AvgIpc) is 2.78. The van der Waals surface area contributed by atoms with Crippen LogP contribution in [0.3, 0.4) is 0 Å². The Morgan fingerprint density at radius 3 is 2.44 bits per heavy atom. The largest absolute Gasteiger partial charge is 0.419 e. The molecule has 16 heavy (non-hydrogen) atoms. The van der Waals surface area contributed by atoms with E-state index in [9.17, 15) is 0 Å². The van der Waals surface area contributed by atoms with Crippen molar-refractivity contribution in [3.05, 3.63) is 36.2 Å². The summed E-state index contributed by atoms with van der Waals surface area (Å²) >= 11 is 0. The van der Waals surface area contributed by atoms with E-state index < -0.39 is 0 Å². The van der Waals surface area contributed by atoms with E-state index in [1.165, 1.54) is 0 Å². The molecule has 0 amide bonds. The normalized spacial score (nSPS) is 13.0. The molecule has 1 heterocycles. The number of nitrogens with zero attached hydrogens (tertiary/aromatic N) is 2. The van der Waals surface area contributed by atoms with Gasteiger partial charge >= 0.3 is 0 Å². The highest BCUT2D eigenvalue weighted by atomic mass is 16.4. The fourth-order valence-corrected chi connectivity index (χ4v) is 1.35. The molecular weight excluding hydrogens is 202 g/mol. The molecule has 4 nitrogen and oxygen atoms in total. The summed E-state index contributed by atoms with van der Waals surface area (Å²) in [5.74, 6) is 1.30. The van der Waals surface area contributed by atoms with Crippen LogP contribution in [0.15, 0.2) is 34.7 Å². The Labute approximate surface area is 94.5 Å². The fourth-order valence-electron chi connectivity index (χ4n) is 1.35. The van der Waals surface area contributed by atoms with Gasteiger partial charge in [0.1, 0.15) is 0 Å². The van der Waals surface area contributed by atoms with Gasteiger partial charge in [0.05, 0.1) is 6.04 Å². The van der Waals surface area contributed by atoms with E-state index in [1.807, 2.05) is 44.2 Å². The Kier molecular flexibility index (Phi) is 3.01. The third-order valence-electron chi connectivity index (χ3n) is 2.46. The Bertz CT molecular complexity index is 450. The minimum atomic E-state index is -0.204. The molecule has 0 unspecified atom stereocenters. The predicted octanol–water partition coefficient (Wildman–Crippen LogP) is 2.39. The smallest absolute Gasteiger partial charge is 0.247 e. The quantitative estimate of drug-likeness (QED) is 0.857. The van der Waals surface area contributed by atoms with Crippen molar-refractivity contribution in [1.29, 1.82) is 0 Å².